The van der Waals surface area contributed by atoms with Gasteiger partial charge in [-0.15, -0.1) is 0 Å². The molecule has 0 atom stereocenters. The zero-order valence-electron chi connectivity index (χ0n) is 9.98. The largest absolute Gasteiger partial charge is 0.497 e. The SMILES string of the molecule is COc1ccc(-c2c(C)noc2C(C)=O)cc1. The summed E-state index contributed by atoms with van der Waals surface area (Å²) in [6.07, 6.45) is 0. The van der Waals surface area contributed by atoms with Crippen LogP contribution in [0.15, 0.2) is 28.8 Å². The fraction of sp³-hybridized carbons (Fsp3) is 0.231. The Bertz CT molecular complexity index is 540. The Morgan fingerprint density at radius 3 is 2.47 bits per heavy atom. The highest BCUT2D eigenvalue weighted by Gasteiger charge is 2.18. The smallest absolute Gasteiger partial charge is 0.210 e. The van der Waals surface area contributed by atoms with Crippen molar-refractivity contribution < 1.29 is 14.1 Å². The van der Waals surface area contributed by atoms with Gasteiger partial charge in [0.1, 0.15) is 5.75 Å². The minimum Gasteiger partial charge on any atom is -0.497 e. The van der Waals surface area contributed by atoms with Gasteiger partial charge >= 0.3 is 0 Å². The zero-order chi connectivity index (χ0) is 12.4. The summed E-state index contributed by atoms with van der Waals surface area (Å²) in [5.74, 6) is 0.941. The summed E-state index contributed by atoms with van der Waals surface area (Å²) < 4.78 is 10.1. The monoisotopic (exact) mass is 231 g/mol. The van der Waals surface area contributed by atoms with Crippen LogP contribution in [0.4, 0.5) is 0 Å². The Hall–Kier alpha value is -2.10. The van der Waals surface area contributed by atoms with Crippen molar-refractivity contribution in [3.8, 4) is 16.9 Å². The molecule has 0 amide bonds. The average Bonchev–Trinajstić information content (AvgIpc) is 2.71. The van der Waals surface area contributed by atoms with E-state index >= 15 is 0 Å². The van der Waals surface area contributed by atoms with E-state index in [-0.39, 0.29) is 5.78 Å². The molecule has 0 saturated heterocycles. The van der Waals surface area contributed by atoms with Crippen molar-refractivity contribution >= 4 is 5.78 Å². The van der Waals surface area contributed by atoms with E-state index in [0.717, 1.165) is 16.9 Å². The molecule has 0 bridgehead atoms. The second-order valence-corrected chi connectivity index (χ2v) is 3.76. The lowest BCUT2D eigenvalue weighted by Crippen LogP contribution is -1.93. The number of rotatable bonds is 3. The third-order valence-electron chi connectivity index (χ3n) is 2.56. The number of ketones is 1. The molecule has 0 N–H and O–H groups in total. The Morgan fingerprint density at radius 1 is 1.29 bits per heavy atom. The molecule has 0 fully saturated rings. The van der Waals surface area contributed by atoms with Crippen molar-refractivity contribution in [1.29, 1.82) is 0 Å². The van der Waals surface area contributed by atoms with E-state index in [1.807, 2.05) is 31.2 Å². The first kappa shape index (κ1) is 11.4. The van der Waals surface area contributed by atoms with Crippen LogP contribution >= 0.6 is 0 Å². The second-order valence-electron chi connectivity index (χ2n) is 3.76. The molecule has 88 valence electrons. The molecule has 1 aromatic heterocycles. The van der Waals surface area contributed by atoms with Crippen LogP contribution < -0.4 is 4.74 Å². The predicted molar refractivity (Wildman–Crippen MR) is 63.2 cm³/mol. The summed E-state index contributed by atoms with van der Waals surface area (Å²) in [5.41, 5.74) is 2.36. The molecule has 0 aliphatic heterocycles. The molecule has 2 rings (SSSR count). The number of methoxy groups -OCH3 is 1. The molecular weight excluding hydrogens is 218 g/mol. The molecule has 17 heavy (non-hydrogen) atoms. The van der Waals surface area contributed by atoms with Crippen LogP contribution in [0.3, 0.4) is 0 Å². The van der Waals surface area contributed by atoms with E-state index in [1.165, 1.54) is 6.92 Å². The van der Waals surface area contributed by atoms with Gasteiger partial charge in [0.2, 0.25) is 5.76 Å². The van der Waals surface area contributed by atoms with E-state index in [0.29, 0.717) is 11.5 Å². The van der Waals surface area contributed by atoms with E-state index in [2.05, 4.69) is 5.16 Å². The number of benzene rings is 1. The molecule has 4 heteroatoms. The molecule has 0 unspecified atom stereocenters. The van der Waals surface area contributed by atoms with Crippen molar-refractivity contribution in [1.82, 2.24) is 5.16 Å². The van der Waals surface area contributed by atoms with Crippen molar-refractivity contribution in [2.75, 3.05) is 7.11 Å². The summed E-state index contributed by atoms with van der Waals surface area (Å²) in [4.78, 5) is 11.4. The maximum absolute atomic E-state index is 11.4. The summed E-state index contributed by atoms with van der Waals surface area (Å²) >= 11 is 0. The zero-order valence-corrected chi connectivity index (χ0v) is 9.98. The van der Waals surface area contributed by atoms with Gasteiger partial charge in [-0.3, -0.25) is 4.79 Å². The molecule has 0 spiro atoms. The Balaban J connectivity index is 2.51. The van der Waals surface area contributed by atoms with Gasteiger partial charge in [-0.05, 0) is 24.6 Å². The lowest BCUT2D eigenvalue weighted by Gasteiger charge is -2.03. The lowest BCUT2D eigenvalue weighted by atomic mass is 10.0. The van der Waals surface area contributed by atoms with Crippen LogP contribution in [0.1, 0.15) is 23.2 Å². The molecule has 0 radical (unpaired) electrons. The van der Waals surface area contributed by atoms with Gasteiger partial charge < -0.3 is 9.26 Å². The van der Waals surface area contributed by atoms with Gasteiger partial charge in [0.25, 0.3) is 0 Å². The normalized spacial score (nSPS) is 10.3. The van der Waals surface area contributed by atoms with Crippen LogP contribution in [0.25, 0.3) is 11.1 Å². The first-order valence-electron chi connectivity index (χ1n) is 5.25. The fourth-order valence-corrected chi connectivity index (χ4v) is 1.71. The average molecular weight is 231 g/mol. The number of aryl methyl sites for hydroxylation is 1. The van der Waals surface area contributed by atoms with E-state index in [9.17, 15) is 4.79 Å². The third kappa shape index (κ3) is 2.06. The number of Topliss-reactive ketones (excluding diaryl/α,β-unsaturated/α-hetero) is 1. The number of hydrogen-bond acceptors (Lipinski definition) is 4. The molecule has 0 aliphatic rings. The van der Waals surface area contributed by atoms with Crippen molar-refractivity contribution in [3.05, 3.63) is 35.7 Å². The first-order valence-corrected chi connectivity index (χ1v) is 5.25. The molecule has 4 nitrogen and oxygen atoms in total. The molecule has 1 aromatic carbocycles. The minimum atomic E-state index is -0.128. The van der Waals surface area contributed by atoms with Gasteiger partial charge in [0.15, 0.2) is 5.78 Å². The van der Waals surface area contributed by atoms with Crippen molar-refractivity contribution in [2.24, 2.45) is 0 Å². The van der Waals surface area contributed by atoms with E-state index < -0.39 is 0 Å². The summed E-state index contributed by atoms with van der Waals surface area (Å²) in [5, 5.41) is 3.83. The van der Waals surface area contributed by atoms with Crippen LogP contribution in [-0.2, 0) is 0 Å². The molecule has 2 aromatic rings. The van der Waals surface area contributed by atoms with Crippen LogP contribution in [-0.4, -0.2) is 18.0 Å². The number of carbonyl (C=O) groups excluding carboxylic acids is 1. The van der Waals surface area contributed by atoms with Crippen LogP contribution in [0.2, 0.25) is 0 Å². The maximum atomic E-state index is 11.4. The summed E-state index contributed by atoms with van der Waals surface area (Å²) in [6, 6.07) is 7.44. The number of carbonyl (C=O) groups is 1. The maximum Gasteiger partial charge on any atom is 0.210 e. The molecule has 0 aliphatic carbocycles. The van der Waals surface area contributed by atoms with Crippen molar-refractivity contribution in [3.63, 3.8) is 0 Å². The number of hydrogen-bond donors (Lipinski definition) is 0. The van der Waals surface area contributed by atoms with E-state index in [1.54, 1.807) is 7.11 Å². The molecule has 1 heterocycles. The van der Waals surface area contributed by atoms with Crippen LogP contribution in [0, 0.1) is 6.92 Å². The number of nitrogens with zero attached hydrogens (tertiary/aromatic N) is 1. The van der Waals surface area contributed by atoms with Gasteiger partial charge in [0.05, 0.1) is 18.4 Å². The highest BCUT2D eigenvalue weighted by Crippen LogP contribution is 2.29. The fourth-order valence-electron chi connectivity index (χ4n) is 1.71. The standard InChI is InChI=1S/C13H13NO3/c1-8-12(13(9(2)15)17-14-8)10-4-6-11(16-3)7-5-10/h4-7H,1-3H3. The molecule has 0 saturated carbocycles. The topological polar surface area (TPSA) is 52.3 Å². The Kier molecular flexibility index (Phi) is 2.95. The minimum absolute atomic E-state index is 0.128. The third-order valence-corrected chi connectivity index (χ3v) is 2.56. The summed E-state index contributed by atoms with van der Waals surface area (Å²) in [7, 11) is 1.61. The first-order chi connectivity index (χ1) is 8.13. The van der Waals surface area contributed by atoms with Gasteiger partial charge in [-0.1, -0.05) is 17.3 Å². The van der Waals surface area contributed by atoms with Crippen molar-refractivity contribution in [2.45, 2.75) is 13.8 Å². The second kappa shape index (κ2) is 4.41. The Labute approximate surface area is 99.2 Å². The van der Waals surface area contributed by atoms with Crippen LogP contribution in [0.5, 0.6) is 5.75 Å². The van der Waals surface area contributed by atoms with E-state index in [4.69, 9.17) is 9.26 Å². The Morgan fingerprint density at radius 2 is 1.94 bits per heavy atom. The number of aromatic nitrogens is 1. The quantitative estimate of drug-likeness (QED) is 0.762. The highest BCUT2D eigenvalue weighted by atomic mass is 16.5. The predicted octanol–water partition coefficient (Wildman–Crippen LogP) is 2.86. The van der Waals surface area contributed by atoms with Gasteiger partial charge in [-0.25, -0.2) is 0 Å². The van der Waals surface area contributed by atoms with Gasteiger partial charge in [-0.2, -0.15) is 0 Å². The number of ether oxygens (including phenoxy) is 1. The lowest BCUT2D eigenvalue weighted by molar-refractivity contribution is 0.0979. The molecular formula is C13H13NO3. The van der Waals surface area contributed by atoms with Gasteiger partial charge in [0, 0.05) is 6.92 Å². The highest BCUT2D eigenvalue weighted by molar-refractivity contribution is 5.98. The summed E-state index contributed by atoms with van der Waals surface area (Å²) in [6.45, 7) is 3.28.